The second kappa shape index (κ2) is 4.53. The number of carbonyl (C=O) groups excluding carboxylic acids is 2. The van der Waals surface area contributed by atoms with Crippen molar-refractivity contribution in [2.45, 2.75) is 44.6 Å². The molecule has 2 bridgehead atoms. The molecule has 0 spiro atoms. The second-order valence-electron chi connectivity index (χ2n) is 5.41. The van der Waals surface area contributed by atoms with E-state index in [1.807, 2.05) is 0 Å². The normalized spacial score (nSPS) is 38.9. The van der Waals surface area contributed by atoms with Crippen LogP contribution in [0.15, 0.2) is 0 Å². The molecule has 2 rings (SSSR count). The van der Waals surface area contributed by atoms with Gasteiger partial charge >= 0.3 is 11.9 Å². The minimum Gasteiger partial charge on any atom is -0.469 e. The molecular weight excluding hydrogens is 236 g/mol. The predicted molar refractivity (Wildman–Crippen MR) is 62.6 cm³/mol. The summed E-state index contributed by atoms with van der Waals surface area (Å²) in [5.41, 5.74) is -1.83. The Labute approximate surface area is 106 Å². The number of carbonyl (C=O) groups is 2. The van der Waals surface area contributed by atoms with Gasteiger partial charge < -0.3 is 14.6 Å². The van der Waals surface area contributed by atoms with Crippen LogP contribution in [0, 0.1) is 10.8 Å². The smallest absolute Gasteiger partial charge is 0.314 e. The third kappa shape index (κ3) is 1.56. The van der Waals surface area contributed by atoms with E-state index >= 15 is 0 Å². The van der Waals surface area contributed by atoms with Crippen molar-refractivity contribution in [3.63, 3.8) is 0 Å². The lowest BCUT2D eigenvalue weighted by Gasteiger charge is -2.52. The highest BCUT2D eigenvalue weighted by Gasteiger charge is 2.63. The van der Waals surface area contributed by atoms with E-state index in [0.717, 1.165) is 12.8 Å². The minimum atomic E-state index is -0.993. The first-order valence-electron chi connectivity index (χ1n) is 6.38. The monoisotopic (exact) mass is 256 g/mol. The summed E-state index contributed by atoms with van der Waals surface area (Å²) in [7, 11) is 2.65. The van der Waals surface area contributed by atoms with E-state index in [-0.39, 0.29) is 0 Å². The number of ether oxygens (including phenoxy) is 2. The maximum atomic E-state index is 12.0. The molecule has 2 aliphatic rings. The summed E-state index contributed by atoms with van der Waals surface area (Å²) in [5, 5.41) is 10.6. The number of aliphatic hydroxyl groups is 1. The van der Waals surface area contributed by atoms with Crippen LogP contribution >= 0.6 is 0 Å². The van der Waals surface area contributed by atoms with Gasteiger partial charge in [0.15, 0.2) is 0 Å². The van der Waals surface area contributed by atoms with Gasteiger partial charge in [-0.25, -0.2) is 0 Å². The molecule has 0 radical (unpaired) electrons. The fraction of sp³-hybridized carbons (Fsp3) is 0.846. The van der Waals surface area contributed by atoms with Gasteiger partial charge in [0.2, 0.25) is 0 Å². The van der Waals surface area contributed by atoms with E-state index in [4.69, 9.17) is 9.47 Å². The lowest BCUT2D eigenvalue weighted by Crippen LogP contribution is -2.61. The van der Waals surface area contributed by atoms with E-state index in [2.05, 4.69) is 0 Å². The van der Waals surface area contributed by atoms with Crippen LogP contribution in [0.3, 0.4) is 0 Å². The van der Waals surface area contributed by atoms with Crippen molar-refractivity contribution in [2.75, 3.05) is 14.2 Å². The van der Waals surface area contributed by atoms with Crippen molar-refractivity contribution in [3.8, 4) is 0 Å². The van der Waals surface area contributed by atoms with Crippen molar-refractivity contribution in [2.24, 2.45) is 10.8 Å². The molecule has 0 aromatic heterocycles. The molecule has 2 fully saturated rings. The zero-order valence-electron chi connectivity index (χ0n) is 10.9. The van der Waals surface area contributed by atoms with Crippen LogP contribution < -0.4 is 0 Å². The van der Waals surface area contributed by atoms with E-state index in [0.29, 0.717) is 25.7 Å². The molecule has 0 aliphatic heterocycles. The molecule has 5 nitrogen and oxygen atoms in total. The first-order chi connectivity index (χ1) is 8.53. The first kappa shape index (κ1) is 13.3. The molecule has 0 aromatic carbocycles. The van der Waals surface area contributed by atoms with Crippen LogP contribution in [0.4, 0.5) is 0 Å². The molecule has 0 atom stereocenters. The average Bonchev–Trinajstić information content (AvgIpc) is 2.37. The molecule has 2 saturated carbocycles. The van der Waals surface area contributed by atoms with Gasteiger partial charge in [-0.05, 0) is 25.7 Å². The Kier molecular flexibility index (Phi) is 3.36. The van der Waals surface area contributed by atoms with E-state index in [9.17, 15) is 14.7 Å². The highest BCUT2D eigenvalue weighted by molar-refractivity contribution is 5.83. The Bertz CT molecular complexity index is 320. The van der Waals surface area contributed by atoms with Crippen molar-refractivity contribution >= 4 is 11.9 Å². The van der Waals surface area contributed by atoms with Gasteiger partial charge in [0.25, 0.3) is 0 Å². The first-order valence-corrected chi connectivity index (χ1v) is 6.38. The van der Waals surface area contributed by atoms with Gasteiger partial charge in [0.05, 0.1) is 31.2 Å². The fourth-order valence-electron chi connectivity index (χ4n) is 3.80. The molecule has 2 aliphatic carbocycles. The van der Waals surface area contributed by atoms with Gasteiger partial charge in [-0.15, -0.1) is 0 Å². The summed E-state index contributed by atoms with van der Waals surface area (Å²) in [5.74, 6) is -0.801. The largest absolute Gasteiger partial charge is 0.469 e. The maximum absolute atomic E-state index is 12.0. The summed E-state index contributed by atoms with van der Waals surface area (Å²) >= 11 is 0. The maximum Gasteiger partial charge on any atom is 0.314 e. The fourth-order valence-corrected chi connectivity index (χ4v) is 3.80. The molecule has 0 amide bonds. The van der Waals surface area contributed by atoms with Crippen molar-refractivity contribution in [3.05, 3.63) is 0 Å². The van der Waals surface area contributed by atoms with Crippen molar-refractivity contribution in [1.29, 1.82) is 0 Å². The highest BCUT2D eigenvalue weighted by atomic mass is 16.5. The number of rotatable bonds is 2. The minimum absolute atomic E-state index is 0.400. The third-order valence-corrected chi connectivity index (χ3v) is 4.72. The number of hydrogen-bond acceptors (Lipinski definition) is 5. The average molecular weight is 256 g/mol. The Hall–Kier alpha value is -1.10. The van der Waals surface area contributed by atoms with E-state index in [1.54, 1.807) is 0 Å². The zero-order valence-corrected chi connectivity index (χ0v) is 10.9. The molecule has 18 heavy (non-hydrogen) atoms. The highest BCUT2D eigenvalue weighted by Crippen LogP contribution is 2.56. The Morgan fingerprint density at radius 3 is 1.56 bits per heavy atom. The van der Waals surface area contributed by atoms with Crippen LogP contribution in [0.5, 0.6) is 0 Å². The Balaban J connectivity index is 2.40. The summed E-state index contributed by atoms with van der Waals surface area (Å²) < 4.78 is 9.69. The second-order valence-corrected chi connectivity index (χ2v) is 5.41. The SMILES string of the molecule is COC(=O)C12CCCC(C(=O)OC)(CCC1)C2O. The molecule has 1 N–H and O–H groups in total. The molecular formula is C13H20O5. The van der Waals surface area contributed by atoms with Crippen LogP contribution in [0.25, 0.3) is 0 Å². The number of hydrogen-bond donors (Lipinski definition) is 1. The molecule has 5 heteroatoms. The van der Waals surface area contributed by atoms with Gasteiger partial charge in [0.1, 0.15) is 0 Å². The van der Waals surface area contributed by atoms with Crippen LogP contribution in [-0.2, 0) is 19.1 Å². The number of esters is 2. The molecule has 0 heterocycles. The lowest BCUT2D eigenvalue weighted by molar-refractivity contribution is -0.200. The Morgan fingerprint density at radius 2 is 1.28 bits per heavy atom. The zero-order chi connectivity index (χ0) is 13.4. The van der Waals surface area contributed by atoms with Crippen LogP contribution in [0.2, 0.25) is 0 Å². The van der Waals surface area contributed by atoms with E-state index in [1.165, 1.54) is 14.2 Å². The molecule has 102 valence electrons. The number of methoxy groups -OCH3 is 2. The summed E-state index contributed by atoms with van der Waals surface area (Å²) in [6.45, 7) is 0. The third-order valence-electron chi connectivity index (χ3n) is 4.72. The molecule has 0 unspecified atom stereocenters. The quantitative estimate of drug-likeness (QED) is 0.747. The topological polar surface area (TPSA) is 72.8 Å². The number of fused-ring (bicyclic) bond motifs is 2. The summed E-state index contributed by atoms with van der Waals surface area (Å²) in [4.78, 5) is 24.1. The lowest BCUT2D eigenvalue weighted by atomic mass is 9.52. The van der Waals surface area contributed by atoms with Gasteiger partial charge in [-0.3, -0.25) is 9.59 Å². The standard InChI is InChI=1S/C13H20O5/c1-17-10(15)12-5-3-7-13(9(12)14,8-4-6-12)11(16)18-2/h9,14H,3-8H2,1-2H3. The molecule has 0 aromatic rings. The van der Waals surface area contributed by atoms with Crippen LogP contribution in [0.1, 0.15) is 38.5 Å². The predicted octanol–water partition coefficient (Wildman–Crippen LogP) is 1.03. The summed E-state index contributed by atoms with van der Waals surface area (Å²) in [6, 6.07) is 0. The van der Waals surface area contributed by atoms with Crippen molar-refractivity contribution in [1.82, 2.24) is 0 Å². The van der Waals surface area contributed by atoms with Crippen molar-refractivity contribution < 1.29 is 24.2 Å². The molecule has 0 saturated heterocycles. The van der Waals surface area contributed by atoms with Crippen LogP contribution in [-0.4, -0.2) is 37.4 Å². The van der Waals surface area contributed by atoms with Gasteiger partial charge in [0, 0.05) is 0 Å². The Morgan fingerprint density at radius 1 is 0.944 bits per heavy atom. The number of aliphatic hydroxyl groups excluding tert-OH is 1. The van der Waals surface area contributed by atoms with Gasteiger partial charge in [-0.2, -0.15) is 0 Å². The van der Waals surface area contributed by atoms with E-state index < -0.39 is 28.9 Å². The summed E-state index contributed by atoms with van der Waals surface area (Å²) in [6.07, 6.45) is 2.81. The van der Waals surface area contributed by atoms with Gasteiger partial charge in [-0.1, -0.05) is 12.8 Å².